The normalized spacial score (nSPS) is 22.7. The van der Waals surface area contributed by atoms with Crippen LogP contribution in [0.15, 0.2) is 18.2 Å². The number of carbonyl (C=O) groups is 1. The van der Waals surface area contributed by atoms with Crippen LogP contribution in [0.3, 0.4) is 0 Å². The maximum atomic E-state index is 11.3. The van der Waals surface area contributed by atoms with Crippen LogP contribution in [0, 0.1) is 11.3 Å². The monoisotopic (exact) mass is 272 g/mol. The summed E-state index contributed by atoms with van der Waals surface area (Å²) in [6, 6.07) is 6.02. The predicted molar refractivity (Wildman–Crippen MR) is 76.7 cm³/mol. The number of nitrogens with one attached hydrogen (secondary N) is 2. The molecule has 0 unspecified atom stereocenters. The predicted octanol–water partition coefficient (Wildman–Crippen LogP) is 2.30. The zero-order valence-corrected chi connectivity index (χ0v) is 11.6. The van der Waals surface area contributed by atoms with Crippen LogP contribution in [0.25, 0.3) is 0 Å². The highest BCUT2D eigenvalue weighted by Crippen LogP contribution is 2.60. The van der Waals surface area contributed by atoms with Gasteiger partial charge in [-0.3, -0.25) is 4.79 Å². The van der Waals surface area contributed by atoms with E-state index in [2.05, 4.69) is 16.7 Å². The number of amides is 1. The molecule has 1 aromatic rings. The first-order valence-electron chi connectivity index (χ1n) is 7.52. The van der Waals surface area contributed by atoms with Gasteiger partial charge in [0.1, 0.15) is 5.75 Å². The minimum Gasteiger partial charge on any atom is -0.482 e. The van der Waals surface area contributed by atoms with Crippen molar-refractivity contribution in [3.8, 4) is 5.75 Å². The molecule has 4 rings (SSSR count). The van der Waals surface area contributed by atoms with Crippen LogP contribution < -0.4 is 15.4 Å². The van der Waals surface area contributed by atoms with E-state index < -0.39 is 0 Å². The van der Waals surface area contributed by atoms with E-state index in [0.717, 1.165) is 30.4 Å². The highest BCUT2D eigenvalue weighted by atomic mass is 16.5. The summed E-state index contributed by atoms with van der Waals surface area (Å²) in [4.78, 5) is 11.3. The fourth-order valence-electron chi connectivity index (χ4n) is 3.28. The van der Waals surface area contributed by atoms with Crippen LogP contribution in [0.4, 0.5) is 5.69 Å². The zero-order chi connectivity index (χ0) is 13.6. The third-order valence-electron chi connectivity index (χ3n) is 4.82. The van der Waals surface area contributed by atoms with Crippen molar-refractivity contribution < 1.29 is 9.53 Å². The number of rotatable bonds is 5. The van der Waals surface area contributed by atoms with Crippen molar-refractivity contribution in [1.29, 1.82) is 0 Å². The quantitative estimate of drug-likeness (QED) is 0.864. The number of carbonyl (C=O) groups excluding carboxylic acids is 1. The van der Waals surface area contributed by atoms with E-state index in [4.69, 9.17) is 4.74 Å². The number of anilines is 1. The van der Waals surface area contributed by atoms with Crippen molar-refractivity contribution in [3.63, 3.8) is 0 Å². The van der Waals surface area contributed by atoms with Crippen LogP contribution >= 0.6 is 0 Å². The molecule has 2 aliphatic carbocycles. The second-order valence-corrected chi connectivity index (χ2v) is 6.41. The minimum absolute atomic E-state index is 0.0757. The number of ether oxygens (including phenoxy) is 1. The lowest BCUT2D eigenvalue weighted by Crippen LogP contribution is -2.26. The number of hydrogen-bond acceptors (Lipinski definition) is 3. The highest BCUT2D eigenvalue weighted by Gasteiger charge is 2.53. The first-order valence-corrected chi connectivity index (χ1v) is 7.52. The molecule has 0 spiro atoms. The van der Waals surface area contributed by atoms with Gasteiger partial charge in [0.15, 0.2) is 6.61 Å². The lowest BCUT2D eigenvalue weighted by molar-refractivity contribution is -0.118. The van der Waals surface area contributed by atoms with E-state index in [0.29, 0.717) is 5.41 Å². The molecule has 1 aliphatic heterocycles. The average Bonchev–Trinajstić information content (AvgIpc) is 3.31. The number of fused-ring (bicyclic) bond motifs is 1. The summed E-state index contributed by atoms with van der Waals surface area (Å²) < 4.78 is 5.37. The molecule has 1 heterocycles. The van der Waals surface area contributed by atoms with Crippen molar-refractivity contribution in [2.75, 3.05) is 18.5 Å². The topological polar surface area (TPSA) is 50.4 Å². The van der Waals surface area contributed by atoms with Crippen LogP contribution in [-0.4, -0.2) is 19.1 Å². The number of benzene rings is 1. The average molecular weight is 272 g/mol. The van der Waals surface area contributed by atoms with Crippen LogP contribution in [0.2, 0.25) is 0 Å². The Hall–Kier alpha value is -1.55. The zero-order valence-electron chi connectivity index (χ0n) is 11.6. The van der Waals surface area contributed by atoms with Gasteiger partial charge in [0, 0.05) is 13.1 Å². The second kappa shape index (κ2) is 4.48. The third kappa shape index (κ3) is 2.29. The molecule has 2 saturated carbocycles. The van der Waals surface area contributed by atoms with Crippen LogP contribution in [-0.2, 0) is 11.3 Å². The molecule has 4 nitrogen and oxygen atoms in total. The fourth-order valence-corrected chi connectivity index (χ4v) is 3.28. The molecule has 2 fully saturated rings. The summed E-state index contributed by atoms with van der Waals surface area (Å²) in [5, 5.41) is 6.45. The Morgan fingerprint density at radius 1 is 1.35 bits per heavy atom. The van der Waals surface area contributed by atoms with Crippen LogP contribution in [0.5, 0.6) is 5.75 Å². The van der Waals surface area contributed by atoms with Crippen molar-refractivity contribution in [2.45, 2.75) is 32.2 Å². The van der Waals surface area contributed by atoms with Crippen molar-refractivity contribution in [1.82, 2.24) is 5.32 Å². The van der Waals surface area contributed by atoms with Crippen LogP contribution in [0.1, 0.15) is 31.2 Å². The summed E-state index contributed by atoms with van der Waals surface area (Å²) >= 11 is 0. The van der Waals surface area contributed by atoms with E-state index in [1.54, 1.807) is 0 Å². The van der Waals surface area contributed by atoms with E-state index >= 15 is 0 Å². The van der Waals surface area contributed by atoms with Gasteiger partial charge in [-0.15, -0.1) is 0 Å². The summed E-state index contributed by atoms with van der Waals surface area (Å²) in [5.74, 6) is 1.68. The SMILES string of the molecule is O=C1COc2ccc(CNCC3(C4CC4)CC3)cc2N1. The van der Waals surface area contributed by atoms with Crippen molar-refractivity contribution >= 4 is 11.6 Å². The Morgan fingerprint density at radius 2 is 2.20 bits per heavy atom. The molecular formula is C16H20N2O2. The van der Waals surface area contributed by atoms with E-state index in [1.165, 1.54) is 31.2 Å². The molecule has 0 aromatic heterocycles. The molecular weight excluding hydrogens is 252 g/mol. The molecule has 0 bridgehead atoms. The maximum Gasteiger partial charge on any atom is 0.262 e. The molecule has 0 atom stereocenters. The molecule has 4 heteroatoms. The summed E-state index contributed by atoms with van der Waals surface area (Å²) in [6.07, 6.45) is 5.67. The molecule has 0 saturated heterocycles. The van der Waals surface area contributed by atoms with Gasteiger partial charge in [-0.2, -0.15) is 0 Å². The molecule has 106 valence electrons. The molecule has 20 heavy (non-hydrogen) atoms. The molecule has 0 radical (unpaired) electrons. The number of hydrogen-bond donors (Lipinski definition) is 2. The Kier molecular flexibility index (Phi) is 2.74. The molecule has 1 aromatic carbocycles. The van der Waals surface area contributed by atoms with Crippen molar-refractivity contribution in [2.24, 2.45) is 11.3 Å². The van der Waals surface area contributed by atoms with Gasteiger partial charge in [0.25, 0.3) is 5.91 Å². The summed E-state index contributed by atoms with van der Waals surface area (Å²) in [6.45, 7) is 2.11. The third-order valence-corrected chi connectivity index (χ3v) is 4.82. The van der Waals surface area contributed by atoms with Gasteiger partial charge < -0.3 is 15.4 Å². The molecule has 2 N–H and O–H groups in total. The standard InChI is InChI=1S/C16H20N2O2/c19-15-9-20-14-4-1-11(7-13(14)18-15)8-17-10-16(5-6-16)12-2-3-12/h1,4,7,12,17H,2-3,5-6,8-10H2,(H,18,19). The van der Waals surface area contributed by atoms with Gasteiger partial charge in [-0.05, 0) is 54.7 Å². The van der Waals surface area contributed by atoms with E-state index in [1.807, 2.05) is 12.1 Å². The van der Waals surface area contributed by atoms with Gasteiger partial charge in [0.05, 0.1) is 5.69 Å². The first kappa shape index (κ1) is 12.2. The Bertz CT molecular complexity index is 547. The first-order chi connectivity index (χ1) is 9.75. The minimum atomic E-state index is -0.0757. The van der Waals surface area contributed by atoms with Gasteiger partial charge in [-0.1, -0.05) is 6.07 Å². The molecule has 3 aliphatic rings. The lowest BCUT2D eigenvalue weighted by Gasteiger charge is -2.19. The van der Waals surface area contributed by atoms with Gasteiger partial charge in [0.2, 0.25) is 0 Å². The van der Waals surface area contributed by atoms with Crippen molar-refractivity contribution in [3.05, 3.63) is 23.8 Å². The van der Waals surface area contributed by atoms with E-state index in [-0.39, 0.29) is 12.5 Å². The van der Waals surface area contributed by atoms with Gasteiger partial charge in [-0.25, -0.2) is 0 Å². The summed E-state index contributed by atoms with van der Waals surface area (Å²) in [7, 11) is 0. The molecule has 1 amide bonds. The Balaban J connectivity index is 1.37. The Labute approximate surface area is 118 Å². The highest BCUT2D eigenvalue weighted by molar-refractivity contribution is 5.95. The Morgan fingerprint density at radius 3 is 2.95 bits per heavy atom. The fraction of sp³-hybridized carbons (Fsp3) is 0.562. The second-order valence-electron chi connectivity index (χ2n) is 6.41. The largest absolute Gasteiger partial charge is 0.482 e. The lowest BCUT2D eigenvalue weighted by atomic mass is 10.0. The van der Waals surface area contributed by atoms with E-state index in [9.17, 15) is 4.79 Å². The summed E-state index contributed by atoms with van der Waals surface area (Å²) in [5.41, 5.74) is 2.62. The maximum absolute atomic E-state index is 11.3. The van der Waals surface area contributed by atoms with Gasteiger partial charge >= 0.3 is 0 Å². The smallest absolute Gasteiger partial charge is 0.262 e.